The van der Waals surface area contributed by atoms with Crippen molar-refractivity contribution in [2.45, 2.75) is 115 Å². The molecule has 240 valence electrons. The molecule has 0 saturated carbocycles. The molecule has 2 atom stereocenters. The van der Waals surface area contributed by atoms with E-state index in [0.717, 1.165) is 37.8 Å². The second-order valence-electron chi connectivity index (χ2n) is 10.8. The number of nitro groups is 2. The van der Waals surface area contributed by atoms with Gasteiger partial charge in [0.25, 0.3) is 11.4 Å². The molecule has 43 heavy (non-hydrogen) atoms. The number of unbranched alkanes of at least 4 members (excludes halogenated alkanes) is 12. The second kappa shape index (κ2) is 18.0. The molecule has 1 aliphatic rings. The Balaban J connectivity index is 1.94. The Labute approximate surface area is 249 Å². The lowest BCUT2D eigenvalue weighted by atomic mass is 9.88. The lowest BCUT2D eigenvalue weighted by Gasteiger charge is -2.33. The van der Waals surface area contributed by atoms with Gasteiger partial charge in [-0.2, -0.15) is 4.89 Å². The topological polar surface area (TPSA) is 209 Å². The van der Waals surface area contributed by atoms with Gasteiger partial charge in [-0.15, -0.1) is 0 Å². The summed E-state index contributed by atoms with van der Waals surface area (Å²) in [6, 6.07) is 2.68. The highest BCUT2D eigenvalue weighted by Gasteiger charge is 2.53. The van der Waals surface area contributed by atoms with Gasteiger partial charge in [-0.3, -0.25) is 25.1 Å². The summed E-state index contributed by atoms with van der Waals surface area (Å²) in [4.78, 5) is 55.4. The number of hydrogen-bond donors (Lipinski definition) is 3. The van der Waals surface area contributed by atoms with Gasteiger partial charge in [0.2, 0.25) is 5.76 Å². The maximum Gasteiger partial charge on any atom is 0.378 e. The molecule has 0 spiro atoms. The largest absolute Gasteiger partial charge is 0.505 e. The first-order chi connectivity index (χ1) is 20.6. The molecular formula is C29H42N2O12. The number of ether oxygens (including phenoxy) is 1. The first-order valence-electron chi connectivity index (χ1n) is 14.8. The van der Waals surface area contributed by atoms with Gasteiger partial charge >= 0.3 is 11.9 Å². The molecule has 1 aromatic rings. The van der Waals surface area contributed by atoms with Gasteiger partial charge in [-0.1, -0.05) is 84.0 Å². The summed E-state index contributed by atoms with van der Waals surface area (Å²) in [6.45, 7) is 1.10. The van der Waals surface area contributed by atoms with E-state index in [0.29, 0.717) is 12.5 Å². The van der Waals surface area contributed by atoms with Crippen LogP contribution in [0.15, 0.2) is 29.7 Å². The van der Waals surface area contributed by atoms with Crippen LogP contribution in [0.5, 0.6) is 0 Å². The van der Waals surface area contributed by atoms with Gasteiger partial charge in [0, 0.05) is 24.5 Å². The highest BCUT2D eigenvalue weighted by molar-refractivity contribution is 5.89. The summed E-state index contributed by atoms with van der Waals surface area (Å²) >= 11 is 0. The molecule has 1 heterocycles. The van der Waals surface area contributed by atoms with Crippen LogP contribution in [0.3, 0.4) is 0 Å². The Morgan fingerprint density at radius 1 is 0.930 bits per heavy atom. The Morgan fingerprint density at radius 3 is 1.95 bits per heavy atom. The van der Waals surface area contributed by atoms with Crippen LogP contribution in [0, 0.1) is 20.2 Å². The number of aliphatic hydroxyl groups excluding tert-OH is 3. The van der Waals surface area contributed by atoms with Crippen LogP contribution in [0.25, 0.3) is 0 Å². The van der Waals surface area contributed by atoms with E-state index in [2.05, 4.69) is 6.92 Å². The summed E-state index contributed by atoms with van der Waals surface area (Å²) in [5, 5.41) is 53.1. The standard InChI is InChI=1S/C29H42N2O12/c1-2-3-4-5-6-7-8-9-10-11-12-13-14-15-24(33)42-43-29(20-32,27-25(34)26(35)28(36)41-27)19-21-16-17-22(30(37)38)18-23(21)31(39)40/h16-18,27,32,34-35H,2-15,19-20H2,1H3/t27-,29-/m0/s1. The SMILES string of the molecule is CCCCCCCCCCCCCCCC(=O)OO[C@](CO)(Cc1ccc([N+](=O)[O-])cc1[N+](=O)[O-])[C@H]1OC(=O)C(O)=C1O. The minimum atomic E-state index is -2.34. The summed E-state index contributed by atoms with van der Waals surface area (Å²) in [6.07, 6.45) is 11.8. The number of benzene rings is 1. The number of carbonyl (C=O) groups excluding carboxylic acids is 2. The van der Waals surface area contributed by atoms with Crippen molar-refractivity contribution in [1.82, 2.24) is 0 Å². The maximum atomic E-state index is 12.4. The predicted octanol–water partition coefficient (Wildman–Crippen LogP) is 5.99. The van der Waals surface area contributed by atoms with Crippen LogP contribution < -0.4 is 0 Å². The van der Waals surface area contributed by atoms with Crippen LogP contribution in [-0.4, -0.2) is 55.4 Å². The summed E-state index contributed by atoms with van der Waals surface area (Å²) in [5.74, 6) is -4.42. The number of rotatable bonds is 22. The number of non-ortho nitro benzene ring substituents is 1. The highest BCUT2D eigenvalue weighted by Crippen LogP contribution is 2.36. The molecule has 3 N–H and O–H groups in total. The minimum absolute atomic E-state index is 0.0471. The van der Waals surface area contributed by atoms with E-state index in [4.69, 9.17) is 14.5 Å². The summed E-state index contributed by atoms with van der Waals surface area (Å²) < 4.78 is 4.92. The van der Waals surface area contributed by atoms with Crippen molar-refractivity contribution >= 4 is 23.3 Å². The number of aliphatic hydroxyl groups is 3. The first-order valence-corrected chi connectivity index (χ1v) is 14.8. The Hall–Kier alpha value is -3.78. The monoisotopic (exact) mass is 610 g/mol. The van der Waals surface area contributed by atoms with Crippen molar-refractivity contribution in [3.05, 3.63) is 55.5 Å². The van der Waals surface area contributed by atoms with Crippen molar-refractivity contribution in [3.63, 3.8) is 0 Å². The zero-order valence-electron chi connectivity index (χ0n) is 24.5. The third-order valence-corrected chi connectivity index (χ3v) is 7.41. The zero-order valence-corrected chi connectivity index (χ0v) is 24.5. The van der Waals surface area contributed by atoms with Gasteiger partial charge in [0.15, 0.2) is 17.5 Å². The van der Waals surface area contributed by atoms with E-state index in [1.54, 1.807) is 0 Å². The molecule has 0 saturated heterocycles. The van der Waals surface area contributed by atoms with Crippen LogP contribution in [-0.2, 0) is 30.5 Å². The molecule has 0 unspecified atom stereocenters. The molecule has 0 fully saturated rings. The van der Waals surface area contributed by atoms with Crippen LogP contribution in [0.2, 0.25) is 0 Å². The molecule has 14 nitrogen and oxygen atoms in total. The number of nitrogens with zero attached hydrogens (tertiary/aromatic N) is 2. The van der Waals surface area contributed by atoms with E-state index in [1.807, 2.05) is 0 Å². The van der Waals surface area contributed by atoms with E-state index >= 15 is 0 Å². The number of cyclic esters (lactones) is 1. The van der Waals surface area contributed by atoms with E-state index in [-0.39, 0.29) is 12.0 Å². The minimum Gasteiger partial charge on any atom is -0.505 e. The number of hydrogen-bond acceptors (Lipinski definition) is 12. The Bertz CT molecular complexity index is 1140. The summed E-state index contributed by atoms with van der Waals surface area (Å²) in [7, 11) is 0. The summed E-state index contributed by atoms with van der Waals surface area (Å²) in [5.41, 5.74) is -3.88. The van der Waals surface area contributed by atoms with E-state index in [9.17, 15) is 45.1 Å². The number of esters is 1. The molecule has 0 bridgehead atoms. The fraction of sp³-hybridized carbons (Fsp3) is 0.655. The Kier molecular flexibility index (Phi) is 14.8. The lowest BCUT2D eigenvalue weighted by molar-refractivity contribution is -0.395. The molecule has 1 aromatic carbocycles. The van der Waals surface area contributed by atoms with Gasteiger partial charge < -0.3 is 20.1 Å². The second-order valence-corrected chi connectivity index (χ2v) is 10.8. The van der Waals surface area contributed by atoms with Crippen LogP contribution in [0.4, 0.5) is 11.4 Å². The number of carbonyl (C=O) groups is 2. The third kappa shape index (κ3) is 10.8. The fourth-order valence-electron chi connectivity index (χ4n) is 4.90. The van der Waals surface area contributed by atoms with Crippen LogP contribution in [0.1, 0.15) is 102 Å². The molecular weight excluding hydrogens is 568 g/mol. The average molecular weight is 611 g/mol. The van der Waals surface area contributed by atoms with Crippen molar-refractivity contribution in [1.29, 1.82) is 0 Å². The number of nitro benzene ring substituents is 2. The zero-order chi connectivity index (χ0) is 31.8. The molecule has 14 heteroatoms. The molecule has 0 aromatic heterocycles. The average Bonchev–Trinajstić information content (AvgIpc) is 3.25. The smallest absolute Gasteiger partial charge is 0.378 e. The first kappa shape index (κ1) is 35.4. The fourth-order valence-corrected chi connectivity index (χ4v) is 4.90. The highest BCUT2D eigenvalue weighted by atomic mass is 17.2. The van der Waals surface area contributed by atoms with Crippen LogP contribution >= 0.6 is 0 Å². The Morgan fingerprint density at radius 2 is 1.49 bits per heavy atom. The molecule has 0 aliphatic carbocycles. The molecule has 0 radical (unpaired) electrons. The predicted molar refractivity (Wildman–Crippen MR) is 153 cm³/mol. The molecule has 2 rings (SSSR count). The van der Waals surface area contributed by atoms with Crippen molar-refractivity contribution in [2.24, 2.45) is 0 Å². The molecule has 0 amide bonds. The van der Waals surface area contributed by atoms with E-state index < -0.39 is 69.4 Å². The van der Waals surface area contributed by atoms with Gasteiger partial charge in [-0.05, 0) is 12.5 Å². The van der Waals surface area contributed by atoms with Crippen molar-refractivity contribution in [2.75, 3.05) is 6.61 Å². The molecule has 1 aliphatic heterocycles. The van der Waals surface area contributed by atoms with Gasteiger partial charge in [-0.25, -0.2) is 9.59 Å². The third-order valence-electron chi connectivity index (χ3n) is 7.41. The van der Waals surface area contributed by atoms with Gasteiger partial charge in [0.1, 0.15) is 0 Å². The maximum absolute atomic E-state index is 12.4. The van der Waals surface area contributed by atoms with E-state index in [1.165, 1.54) is 51.4 Å². The lowest BCUT2D eigenvalue weighted by Crippen LogP contribution is -2.52. The van der Waals surface area contributed by atoms with Crippen molar-refractivity contribution in [3.8, 4) is 0 Å². The van der Waals surface area contributed by atoms with Crippen molar-refractivity contribution < 1.29 is 49.3 Å². The quantitative estimate of drug-likeness (QED) is 0.0455. The van der Waals surface area contributed by atoms with Gasteiger partial charge in [0.05, 0.1) is 22.5 Å². The normalized spacial score (nSPS) is 16.1.